The van der Waals surface area contributed by atoms with E-state index in [-0.39, 0.29) is 25.7 Å². The van der Waals surface area contributed by atoms with Crippen LogP contribution in [0.2, 0.25) is 0 Å². The fourth-order valence-corrected chi connectivity index (χ4v) is 1.44. The molecule has 9 nitrogen and oxygen atoms in total. The molecule has 0 bridgehead atoms. The summed E-state index contributed by atoms with van der Waals surface area (Å²) in [4.78, 5) is 41.0. The molecule has 0 rings (SSSR count). The van der Waals surface area contributed by atoms with Crippen molar-refractivity contribution < 1.29 is 34.1 Å². The monoisotopic (exact) mass is 363 g/mol. The van der Waals surface area contributed by atoms with E-state index in [1.165, 1.54) is 20.2 Å². The molecule has 0 saturated heterocycles. The van der Waals surface area contributed by atoms with Gasteiger partial charge in [-0.1, -0.05) is 25.9 Å². The second-order valence-electron chi connectivity index (χ2n) is 4.29. The average molecular weight is 363 g/mol. The van der Waals surface area contributed by atoms with Gasteiger partial charge in [0.05, 0.1) is 33.1 Å². The number of carbonyl (C=O) groups is 3. The van der Waals surface area contributed by atoms with E-state index in [1.807, 2.05) is 13.8 Å². The van der Waals surface area contributed by atoms with Crippen LogP contribution in [0.1, 0.15) is 40.0 Å². The van der Waals surface area contributed by atoms with Crippen molar-refractivity contribution in [3.63, 3.8) is 0 Å². The first-order valence-corrected chi connectivity index (χ1v) is 7.84. The third-order valence-electron chi connectivity index (χ3n) is 2.65. The maximum Gasteiger partial charge on any atom is 0.306 e. The molecule has 0 aromatic heterocycles. The van der Waals surface area contributed by atoms with Gasteiger partial charge in [-0.15, -0.1) is 0 Å². The summed E-state index contributed by atoms with van der Waals surface area (Å²) in [6.07, 6.45) is 0.667. The second-order valence-corrected chi connectivity index (χ2v) is 4.29. The number of nitrogens with zero attached hydrogens (tertiary/aromatic N) is 1. The number of allylic oxidation sites excluding steroid dienone is 1. The number of aliphatic hydroxyl groups excluding tert-OH is 2. The number of aldehydes is 1. The minimum absolute atomic E-state index is 0.0888. The molecule has 0 aliphatic heterocycles. The Hall–Kier alpha value is -2.29. The van der Waals surface area contributed by atoms with Crippen molar-refractivity contribution in [2.45, 2.75) is 46.1 Å². The lowest BCUT2D eigenvalue weighted by molar-refractivity contribution is -0.151. The molecule has 0 aromatic rings. The predicted molar refractivity (Wildman–Crippen MR) is 91.8 cm³/mol. The van der Waals surface area contributed by atoms with E-state index in [0.717, 1.165) is 0 Å². The second kappa shape index (κ2) is 19.8. The largest absolute Gasteiger partial charge is 0.505 e. The highest BCUT2D eigenvalue weighted by atomic mass is 16.5. The van der Waals surface area contributed by atoms with E-state index < -0.39 is 29.7 Å². The molecule has 25 heavy (non-hydrogen) atoms. The van der Waals surface area contributed by atoms with Gasteiger partial charge in [0.1, 0.15) is 6.61 Å². The molecule has 0 amide bonds. The first kappa shape index (κ1) is 27.6. The fourth-order valence-electron chi connectivity index (χ4n) is 1.44. The molecule has 2 N–H and O–H groups in total. The van der Waals surface area contributed by atoms with Crippen molar-refractivity contribution in [2.75, 3.05) is 20.8 Å². The van der Waals surface area contributed by atoms with Crippen LogP contribution in [0.4, 0.5) is 0 Å². The Balaban J connectivity index is -0.000000866. The summed E-state index contributed by atoms with van der Waals surface area (Å²) in [6, 6.07) is 0. The quantitative estimate of drug-likeness (QED) is 0.208. The standard InChI is InChI=1S/C13H20O7.C2H6.CH3NO/c1-3-9(6-10(15)7-14)11(16)8-20-13(18)5-4-12(17)19-2;1-2;1-2-3/h6-7,9,11,15-16H,3-5,8H2,1-2H3;1-2H3;1H3/b10-6+;;. The number of hydrogen-bond acceptors (Lipinski definition) is 9. The zero-order valence-corrected chi connectivity index (χ0v) is 15.4. The first-order chi connectivity index (χ1) is 11.9. The Morgan fingerprint density at radius 1 is 1.20 bits per heavy atom. The van der Waals surface area contributed by atoms with Crippen molar-refractivity contribution >= 4 is 18.2 Å². The van der Waals surface area contributed by atoms with Gasteiger partial charge in [0.2, 0.25) is 0 Å². The molecular formula is C16H29NO8. The van der Waals surface area contributed by atoms with Crippen LogP contribution >= 0.6 is 0 Å². The molecule has 0 fully saturated rings. The number of nitroso groups, excluding NO2 is 1. The predicted octanol–water partition coefficient (Wildman–Crippen LogP) is 1.92. The van der Waals surface area contributed by atoms with Gasteiger partial charge >= 0.3 is 11.9 Å². The van der Waals surface area contributed by atoms with Gasteiger partial charge in [0.25, 0.3) is 0 Å². The topological polar surface area (TPSA) is 140 Å². The highest BCUT2D eigenvalue weighted by molar-refractivity contribution is 5.77. The Bertz CT molecular complexity index is 409. The molecule has 0 spiro atoms. The number of carbonyl (C=O) groups excluding carboxylic acids is 3. The highest BCUT2D eigenvalue weighted by Gasteiger charge is 2.18. The van der Waals surface area contributed by atoms with Crippen LogP contribution in [-0.2, 0) is 23.9 Å². The molecular weight excluding hydrogens is 334 g/mol. The maximum absolute atomic E-state index is 11.3. The molecule has 0 aromatic carbocycles. The Morgan fingerprint density at radius 2 is 1.68 bits per heavy atom. The lowest BCUT2D eigenvalue weighted by Crippen LogP contribution is -2.26. The highest BCUT2D eigenvalue weighted by Crippen LogP contribution is 2.13. The van der Waals surface area contributed by atoms with Crippen molar-refractivity contribution in [3.8, 4) is 0 Å². The molecule has 2 atom stereocenters. The van der Waals surface area contributed by atoms with Crippen molar-refractivity contribution in [1.29, 1.82) is 0 Å². The summed E-state index contributed by atoms with van der Waals surface area (Å²) in [6.45, 7) is 5.47. The zero-order valence-electron chi connectivity index (χ0n) is 15.4. The van der Waals surface area contributed by atoms with Crippen LogP contribution in [0.15, 0.2) is 17.0 Å². The van der Waals surface area contributed by atoms with E-state index in [4.69, 9.17) is 14.8 Å². The third kappa shape index (κ3) is 17.9. The summed E-state index contributed by atoms with van der Waals surface area (Å²) >= 11 is 0. The van der Waals surface area contributed by atoms with Crippen LogP contribution < -0.4 is 0 Å². The van der Waals surface area contributed by atoms with Gasteiger partial charge in [0, 0.05) is 5.92 Å². The third-order valence-corrected chi connectivity index (χ3v) is 2.65. The van der Waals surface area contributed by atoms with Crippen LogP contribution in [0, 0.1) is 10.8 Å². The number of rotatable bonds is 9. The van der Waals surface area contributed by atoms with Gasteiger partial charge in [-0.05, 0) is 12.5 Å². The van der Waals surface area contributed by atoms with E-state index in [2.05, 4.69) is 9.91 Å². The summed E-state index contributed by atoms with van der Waals surface area (Å²) in [5.74, 6) is -2.14. The maximum atomic E-state index is 11.3. The van der Waals surface area contributed by atoms with E-state index in [1.54, 1.807) is 6.92 Å². The molecule has 0 heterocycles. The minimum Gasteiger partial charge on any atom is -0.505 e. The average Bonchev–Trinajstić information content (AvgIpc) is 2.63. The number of methoxy groups -OCH3 is 1. The van der Waals surface area contributed by atoms with Gasteiger partial charge in [0.15, 0.2) is 12.0 Å². The SMILES string of the molecule is CC.CCC(/C=C(/O)C=O)C(O)COC(=O)CCC(=O)OC.CN=O. The molecule has 2 unspecified atom stereocenters. The van der Waals surface area contributed by atoms with Crippen LogP contribution in [0.5, 0.6) is 0 Å². The molecule has 0 aliphatic carbocycles. The first-order valence-electron chi connectivity index (χ1n) is 7.84. The minimum atomic E-state index is -1.04. The summed E-state index contributed by atoms with van der Waals surface area (Å²) < 4.78 is 9.17. The molecule has 0 aliphatic rings. The van der Waals surface area contributed by atoms with E-state index in [0.29, 0.717) is 6.42 Å². The van der Waals surface area contributed by atoms with Crippen molar-refractivity contribution in [1.82, 2.24) is 0 Å². The zero-order chi connectivity index (χ0) is 20.3. The van der Waals surface area contributed by atoms with Gasteiger partial charge in [-0.25, -0.2) is 0 Å². The number of hydrogen-bond donors (Lipinski definition) is 2. The van der Waals surface area contributed by atoms with E-state index >= 15 is 0 Å². The van der Waals surface area contributed by atoms with Crippen molar-refractivity contribution in [3.05, 3.63) is 16.7 Å². The fraction of sp³-hybridized carbons (Fsp3) is 0.688. The summed E-state index contributed by atoms with van der Waals surface area (Å²) in [7, 11) is 2.41. The number of aliphatic hydroxyl groups is 2. The lowest BCUT2D eigenvalue weighted by atomic mass is 9.99. The molecule has 0 radical (unpaired) electrons. The Labute approximate surface area is 148 Å². The van der Waals surface area contributed by atoms with Gasteiger partial charge < -0.3 is 19.7 Å². The Kier molecular flexibility index (Phi) is 21.8. The molecule has 9 heteroatoms. The smallest absolute Gasteiger partial charge is 0.306 e. The normalized spacial score (nSPS) is 12.2. The van der Waals surface area contributed by atoms with Crippen LogP contribution in [-0.4, -0.2) is 55.3 Å². The lowest BCUT2D eigenvalue weighted by Gasteiger charge is -2.18. The molecule has 0 saturated carbocycles. The Morgan fingerprint density at radius 3 is 2.08 bits per heavy atom. The van der Waals surface area contributed by atoms with Gasteiger partial charge in [-0.2, -0.15) is 4.91 Å². The number of esters is 2. The molecule has 146 valence electrons. The van der Waals surface area contributed by atoms with Crippen LogP contribution in [0.3, 0.4) is 0 Å². The van der Waals surface area contributed by atoms with Crippen molar-refractivity contribution in [2.24, 2.45) is 11.1 Å². The summed E-state index contributed by atoms with van der Waals surface area (Å²) in [5, 5.41) is 21.1. The van der Waals surface area contributed by atoms with E-state index in [9.17, 15) is 19.5 Å². The van der Waals surface area contributed by atoms with Crippen LogP contribution in [0.25, 0.3) is 0 Å². The van der Waals surface area contributed by atoms with Gasteiger partial charge in [-0.3, -0.25) is 14.4 Å². The summed E-state index contributed by atoms with van der Waals surface area (Å²) in [5.41, 5.74) is 0. The number of ether oxygens (including phenoxy) is 2.